The molecule has 0 atom stereocenters. The number of anilines is 1. The smallest absolute Gasteiger partial charge is 0.269 e. The zero-order valence-corrected chi connectivity index (χ0v) is 18.7. The number of halogens is 1. The molecular weight excluding hydrogens is 426 g/mol. The predicted molar refractivity (Wildman–Crippen MR) is 122 cm³/mol. The number of hydrogen-bond acceptors (Lipinski definition) is 6. The molecule has 0 bridgehead atoms. The molecule has 2 heterocycles. The van der Waals surface area contributed by atoms with Gasteiger partial charge in [-0.3, -0.25) is 9.69 Å². The normalized spacial score (nSPS) is 20.0. The molecule has 1 fully saturated rings. The fourth-order valence-electron chi connectivity index (χ4n) is 3.23. The van der Waals surface area contributed by atoms with Crippen LogP contribution >= 0.6 is 35.1 Å². The van der Waals surface area contributed by atoms with Crippen LogP contribution in [0.1, 0.15) is 13.8 Å². The summed E-state index contributed by atoms with van der Waals surface area (Å²) in [5.41, 5.74) is 1.80. The minimum Gasteiger partial charge on any atom is -0.497 e. The average Bonchev–Trinajstić information content (AvgIpc) is 3.23. The van der Waals surface area contributed by atoms with Gasteiger partial charge in [-0.2, -0.15) is 0 Å². The van der Waals surface area contributed by atoms with Crippen LogP contribution in [0.2, 0.25) is 5.02 Å². The van der Waals surface area contributed by atoms with Crippen molar-refractivity contribution in [1.29, 1.82) is 0 Å². The summed E-state index contributed by atoms with van der Waals surface area (Å²) in [4.78, 5) is 23.6. The molecule has 1 saturated heterocycles. The molecule has 29 heavy (non-hydrogen) atoms. The van der Waals surface area contributed by atoms with E-state index >= 15 is 0 Å². The van der Waals surface area contributed by atoms with E-state index in [-0.39, 0.29) is 5.91 Å². The molecule has 1 amide bonds. The highest BCUT2D eigenvalue weighted by atomic mass is 35.5. The topological polar surface area (TPSA) is 45.1 Å². The van der Waals surface area contributed by atoms with Gasteiger partial charge in [0.15, 0.2) is 5.17 Å². The lowest BCUT2D eigenvalue weighted by molar-refractivity contribution is -0.122. The number of aliphatic imine (C=N–C) groups is 1. The van der Waals surface area contributed by atoms with Crippen molar-refractivity contribution in [1.82, 2.24) is 4.90 Å². The maximum Gasteiger partial charge on any atom is 0.269 e. The molecule has 2 aliphatic rings. The Morgan fingerprint density at radius 2 is 1.86 bits per heavy atom. The Kier molecular flexibility index (Phi) is 5.81. The lowest BCUT2D eigenvalue weighted by atomic mass is 10.2. The zero-order chi connectivity index (χ0) is 20.5. The minimum atomic E-state index is -0.0148. The van der Waals surface area contributed by atoms with Gasteiger partial charge in [-0.05, 0) is 55.9 Å². The third-order valence-electron chi connectivity index (χ3n) is 4.63. The van der Waals surface area contributed by atoms with Crippen molar-refractivity contribution < 1.29 is 9.53 Å². The highest BCUT2D eigenvalue weighted by Crippen LogP contribution is 2.51. The minimum absolute atomic E-state index is 0.0148. The van der Waals surface area contributed by atoms with Gasteiger partial charge in [-0.25, -0.2) is 4.99 Å². The number of thioether (sulfide) groups is 2. The molecule has 4 rings (SSSR count). The molecule has 0 aromatic heterocycles. The second-order valence-electron chi connectivity index (χ2n) is 6.34. The van der Waals surface area contributed by atoms with Crippen molar-refractivity contribution in [3.05, 3.63) is 57.4 Å². The van der Waals surface area contributed by atoms with Gasteiger partial charge < -0.3 is 9.64 Å². The highest BCUT2D eigenvalue weighted by molar-refractivity contribution is 8.19. The maximum atomic E-state index is 13.2. The van der Waals surface area contributed by atoms with Crippen LogP contribution in [0.4, 0.5) is 11.4 Å². The number of ether oxygens (including phenoxy) is 1. The van der Waals surface area contributed by atoms with Gasteiger partial charge in [0.2, 0.25) is 0 Å². The van der Waals surface area contributed by atoms with Gasteiger partial charge in [0.05, 0.1) is 18.5 Å². The van der Waals surface area contributed by atoms with Gasteiger partial charge in [0.25, 0.3) is 5.91 Å². The maximum absolute atomic E-state index is 13.2. The first-order valence-electron chi connectivity index (χ1n) is 9.27. The van der Waals surface area contributed by atoms with Gasteiger partial charge in [-0.1, -0.05) is 29.4 Å². The van der Waals surface area contributed by atoms with Crippen molar-refractivity contribution in [2.45, 2.75) is 18.7 Å². The quantitative estimate of drug-likeness (QED) is 0.562. The summed E-state index contributed by atoms with van der Waals surface area (Å²) in [6, 6.07) is 13.3. The molecule has 2 aliphatic heterocycles. The molecule has 2 aromatic carbocycles. The van der Waals surface area contributed by atoms with Crippen LogP contribution in [-0.4, -0.2) is 36.2 Å². The molecule has 2 aromatic rings. The van der Waals surface area contributed by atoms with E-state index < -0.39 is 0 Å². The number of amides is 1. The first kappa shape index (κ1) is 20.2. The number of carbonyl (C=O) groups excluding carboxylic acids is 1. The molecule has 8 heteroatoms. The number of amidine groups is 1. The summed E-state index contributed by atoms with van der Waals surface area (Å²) in [7, 11) is 1.66. The van der Waals surface area contributed by atoms with E-state index in [0.29, 0.717) is 21.6 Å². The summed E-state index contributed by atoms with van der Waals surface area (Å²) in [5, 5.41) is 2.24. The Morgan fingerprint density at radius 3 is 2.55 bits per heavy atom. The Balaban J connectivity index is 1.74. The van der Waals surface area contributed by atoms with Crippen LogP contribution in [0.25, 0.3) is 0 Å². The third-order valence-corrected chi connectivity index (χ3v) is 7.25. The molecule has 0 unspecified atom stereocenters. The van der Waals surface area contributed by atoms with E-state index in [1.165, 1.54) is 11.8 Å². The lowest BCUT2D eigenvalue weighted by Gasteiger charge is -2.19. The number of methoxy groups -OCH3 is 1. The van der Waals surface area contributed by atoms with Crippen molar-refractivity contribution in [2.24, 2.45) is 4.99 Å². The summed E-state index contributed by atoms with van der Waals surface area (Å²) in [5.74, 6) is 0.789. The molecular formula is C21H20ClN3O2S2. The molecule has 0 radical (unpaired) electrons. The largest absolute Gasteiger partial charge is 0.497 e. The van der Waals surface area contributed by atoms with Crippen molar-refractivity contribution in [2.75, 3.05) is 25.1 Å². The molecule has 5 nitrogen and oxygen atoms in total. The van der Waals surface area contributed by atoms with E-state index in [0.717, 1.165) is 33.6 Å². The Hall–Kier alpha value is -2.09. The average molecular weight is 446 g/mol. The molecule has 0 saturated carbocycles. The number of nitrogens with zero attached hydrogens (tertiary/aromatic N) is 3. The van der Waals surface area contributed by atoms with Gasteiger partial charge in [-0.15, -0.1) is 0 Å². The summed E-state index contributed by atoms with van der Waals surface area (Å²) in [6.07, 6.45) is 0. The molecule has 0 aliphatic carbocycles. The number of benzene rings is 2. The van der Waals surface area contributed by atoms with Crippen molar-refractivity contribution in [3.63, 3.8) is 0 Å². The van der Waals surface area contributed by atoms with E-state index in [1.54, 1.807) is 29.8 Å². The van der Waals surface area contributed by atoms with Crippen LogP contribution < -0.4 is 9.64 Å². The number of likely N-dealkylation sites (N-methyl/N-ethyl adjacent to an activating group) is 1. The van der Waals surface area contributed by atoms with Crippen LogP contribution in [0, 0.1) is 0 Å². The first-order valence-corrected chi connectivity index (χ1v) is 11.3. The molecule has 0 N–H and O–H groups in total. The van der Waals surface area contributed by atoms with Gasteiger partial charge in [0, 0.05) is 29.1 Å². The van der Waals surface area contributed by atoms with Crippen LogP contribution in [0.5, 0.6) is 5.75 Å². The highest BCUT2D eigenvalue weighted by Gasteiger charge is 2.39. The fourth-order valence-corrected chi connectivity index (χ4v) is 5.85. The zero-order valence-electron chi connectivity index (χ0n) is 16.3. The number of hydrogen-bond donors (Lipinski definition) is 0. The molecule has 150 valence electrons. The summed E-state index contributed by atoms with van der Waals surface area (Å²) in [6.45, 7) is 5.35. The van der Waals surface area contributed by atoms with Gasteiger partial charge >= 0.3 is 0 Å². The van der Waals surface area contributed by atoms with E-state index in [9.17, 15) is 4.79 Å². The standard InChI is InChI=1S/C21H20ClN3O2S2/c1-4-24-16-12-15(27-3)9-10-17(16)28-20(24)18-19(26)25(5-2)21(29-18)23-14-8-6-7-13(22)11-14/h6-12H,4-5H2,1-3H3/b20-18-,23-21?. The molecule has 0 spiro atoms. The van der Waals surface area contributed by atoms with Crippen LogP contribution in [-0.2, 0) is 4.79 Å². The third kappa shape index (κ3) is 3.74. The number of fused-ring (bicyclic) bond motifs is 1. The lowest BCUT2D eigenvalue weighted by Crippen LogP contribution is -2.29. The Labute approximate surface area is 183 Å². The second kappa shape index (κ2) is 8.34. The Bertz CT molecular complexity index is 1040. The first-order chi connectivity index (χ1) is 14.0. The SMILES string of the molecule is CCN1C(=O)/C(=C2/Sc3ccc(OC)cc3N2CC)SC1=Nc1cccc(Cl)c1. The van der Waals surface area contributed by atoms with Crippen LogP contribution in [0.3, 0.4) is 0 Å². The van der Waals surface area contributed by atoms with Gasteiger partial charge in [0.1, 0.15) is 15.7 Å². The predicted octanol–water partition coefficient (Wildman–Crippen LogP) is 5.73. The number of rotatable bonds is 4. The second-order valence-corrected chi connectivity index (χ2v) is 8.78. The fraction of sp³-hybridized carbons (Fsp3) is 0.238. The van der Waals surface area contributed by atoms with Crippen molar-refractivity contribution >= 4 is 57.6 Å². The van der Waals surface area contributed by atoms with E-state index in [1.807, 2.05) is 43.3 Å². The summed E-state index contributed by atoms with van der Waals surface area (Å²) < 4.78 is 5.38. The van der Waals surface area contributed by atoms with E-state index in [4.69, 9.17) is 16.3 Å². The van der Waals surface area contributed by atoms with Crippen LogP contribution in [0.15, 0.2) is 62.3 Å². The monoisotopic (exact) mass is 445 g/mol. The van der Waals surface area contributed by atoms with E-state index in [2.05, 4.69) is 16.8 Å². The van der Waals surface area contributed by atoms with Crippen molar-refractivity contribution in [3.8, 4) is 5.75 Å². The number of carbonyl (C=O) groups is 1. The Morgan fingerprint density at radius 1 is 1.07 bits per heavy atom. The summed E-state index contributed by atoms with van der Waals surface area (Å²) >= 11 is 9.13.